The number of halogens is 1. The molecule has 26 heavy (non-hydrogen) atoms. The van der Waals surface area contributed by atoms with Gasteiger partial charge in [-0.25, -0.2) is 0 Å². The molecule has 2 aromatic heterocycles. The standard InChI is InChI=1S/C20H16ClN3O2/c1-12(2)25-18-8-7-13(11-16(18)21)19-23-20(26-24-19)15-9-10-22-17-6-4-3-5-14(15)17/h3-12H,1-2H3. The fourth-order valence-corrected chi connectivity index (χ4v) is 2.95. The van der Waals surface area contributed by atoms with Gasteiger partial charge in [0.2, 0.25) is 5.82 Å². The summed E-state index contributed by atoms with van der Waals surface area (Å²) in [7, 11) is 0. The van der Waals surface area contributed by atoms with Crippen LogP contribution in [0.1, 0.15) is 13.8 Å². The largest absolute Gasteiger partial charge is 0.489 e. The minimum Gasteiger partial charge on any atom is -0.489 e. The maximum absolute atomic E-state index is 6.31. The van der Waals surface area contributed by atoms with Gasteiger partial charge in [0.25, 0.3) is 5.89 Å². The molecular weight excluding hydrogens is 350 g/mol. The van der Waals surface area contributed by atoms with Crippen LogP contribution in [0.2, 0.25) is 5.02 Å². The molecule has 0 atom stereocenters. The van der Waals surface area contributed by atoms with Crippen LogP contribution in [0.5, 0.6) is 5.75 Å². The molecule has 0 saturated carbocycles. The molecule has 4 rings (SSSR count). The SMILES string of the molecule is CC(C)Oc1ccc(-c2noc(-c3ccnc4ccccc34)n2)cc1Cl. The molecule has 5 nitrogen and oxygen atoms in total. The lowest BCUT2D eigenvalue weighted by molar-refractivity contribution is 0.242. The van der Waals surface area contributed by atoms with Gasteiger partial charge >= 0.3 is 0 Å². The summed E-state index contributed by atoms with van der Waals surface area (Å²) in [6, 6.07) is 15.2. The van der Waals surface area contributed by atoms with Crippen molar-refractivity contribution in [1.82, 2.24) is 15.1 Å². The van der Waals surface area contributed by atoms with Crippen LogP contribution in [0.15, 0.2) is 59.3 Å². The highest BCUT2D eigenvalue weighted by Crippen LogP contribution is 2.32. The Kier molecular flexibility index (Phi) is 4.31. The number of aromatic nitrogens is 3. The van der Waals surface area contributed by atoms with E-state index in [1.54, 1.807) is 12.3 Å². The van der Waals surface area contributed by atoms with Gasteiger partial charge in [-0.2, -0.15) is 4.98 Å². The zero-order chi connectivity index (χ0) is 18.1. The number of para-hydroxylation sites is 1. The molecule has 0 spiro atoms. The van der Waals surface area contributed by atoms with Gasteiger partial charge in [0.1, 0.15) is 5.75 Å². The minimum absolute atomic E-state index is 0.0510. The van der Waals surface area contributed by atoms with Gasteiger partial charge in [0.05, 0.1) is 22.2 Å². The molecule has 0 saturated heterocycles. The molecule has 130 valence electrons. The molecular formula is C20H16ClN3O2. The fourth-order valence-electron chi connectivity index (χ4n) is 2.72. The van der Waals surface area contributed by atoms with Crippen LogP contribution in [0.25, 0.3) is 33.7 Å². The van der Waals surface area contributed by atoms with Crippen LogP contribution < -0.4 is 4.74 Å². The van der Waals surface area contributed by atoms with E-state index in [9.17, 15) is 0 Å². The summed E-state index contributed by atoms with van der Waals surface area (Å²) in [6.45, 7) is 3.91. The van der Waals surface area contributed by atoms with Crippen molar-refractivity contribution in [2.75, 3.05) is 0 Å². The first-order valence-corrected chi connectivity index (χ1v) is 8.64. The van der Waals surface area contributed by atoms with Crippen molar-refractivity contribution in [2.24, 2.45) is 0 Å². The summed E-state index contributed by atoms with van der Waals surface area (Å²) in [5, 5.41) is 5.57. The predicted molar refractivity (Wildman–Crippen MR) is 101 cm³/mol. The number of rotatable bonds is 4. The zero-order valence-corrected chi connectivity index (χ0v) is 15.1. The number of benzene rings is 2. The van der Waals surface area contributed by atoms with E-state index in [1.165, 1.54) is 0 Å². The third-order valence-corrected chi connectivity index (χ3v) is 4.15. The Hall–Kier alpha value is -2.92. The van der Waals surface area contributed by atoms with Crippen LogP contribution in [-0.2, 0) is 0 Å². The lowest BCUT2D eigenvalue weighted by atomic mass is 10.1. The Labute approximate surface area is 155 Å². The normalized spacial score (nSPS) is 11.2. The first kappa shape index (κ1) is 16.5. The van der Waals surface area contributed by atoms with Crippen molar-refractivity contribution in [3.05, 3.63) is 59.8 Å². The number of nitrogens with zero attached hydrogens (tertiary/aromatic N) is 3. The predicted octanol–water partition coefficient (Wildman–Crippen LogP) is 5.39. The van der Waals surface area contributed by atoms with Crippen LogP contribution in [0.3, 0.4) is 0 Å². The van der Waals surface area contributed by atoms with Gasteiger partial charge in [-0.3, -0.25) is 4.98 Å². The Balaban J connectivity index is 1.71. The molecule has 0 aliphatic rings. The van der Waals surface area contributed by atoms with Gasteiger partial charge in [0.15, 0.2) is 0 Å². The van der Waals surface area contributed by atoms with Gasteiger partial charge in [-0.15, -0.1) is 0 Å². The van der Waals surface area contributed by atoms with Crippen molar-refractivity contribution < 1.29 is 9.26 Å². The summed E-state index contributed by atoms with van der Waals surface area (Å²) in [5.41, 5.74) is 2.49. The molecule has 0 fully saturated rings. The molecule has 2 aromatic carbocycles. The lowest BCUT2D eigenvalue weighted by Gasteiger charge is -2.11. The molecule has 0 aliphatic heterocycles. The zero-order valence-electron chi connectivity index (χ0n) is 14.3. The van der Waals surface area contributed by atoms with E-state index < -0.39 is 0 Å². The van der Waals surface area contributed by atoms with E-state index in [0.717, 1.165) is 22.0 Å². The van der Waals surface area contributed by atoms with Crippen molar-refractivity contribution in [2.45, 2.75) is 20.0 Å². The third-order valence-electron chi connectivity index (χ3n) is 3.86. The van der Waals surface area contributed by atoms with Crippen molar-refractivity contribution in [3.63, 3.8) is 0 Å². The third kappa shape index (κ3) is 3.13. The molecule has 0 amide bonds. The molecule has 4 aromatic rings. The second kappa shape index (κ2) is 6.77. The van der Waals surface area contributed by atoms with Crippen LogP contribution >= 0.6 is 11.6 Å². The maximum Gasteiger partial charge on any atom is 0.258 e. The number of ether oxygens (including phenoxy) is 1. The monoisotopic (exact) mass is 365 g/mol. The number of hydrogen-bond acceptors (Lipinski definition) is 5. The highest BCUT2D eigenvalue weighted by atomic mass is 35.5. The molecule has 2 heterocycles. The number of hydrogen-bond donors (Lipinski definition) is 0. The highest BCUT2D eigenvalue weighted by molar-refractivity contribution is 6.32. The highest BCUT2D eigenvalue weighted by Gasteiger charge is 2.15. The Morgan fingerprint density at radius 3 is 2.73 bits per heavy atom. The van der Waals surface area contributed by atoms with E-state index in [4.69, 9.17) is 20.9 Å². The fraction of sp³-hybridized carbons (Fsp3) is 0.150. The second-order valence-electron chi connectivity index (χ2n) is 6.11. The van der Waals surface area contributed by atoms with E-state index >= 15 is 0 Å². The van der Waals surface area contributed by atoms with E-state index in [0.29, 0.717) is 22.5 Å². The second-order valence-corrected chi connectivity index (χ2v) is 6.52. The van der Waals surface area contributed by atoms with Gasteiger partial charge < -0.3 is 9.26 Å². The average Bonchev–Trinajstić information content (AvgIpc) is 3.12. The smallest absolute Gasteiger partial charge is 0.258 e. The summed E-state index contributed by atoms with van der Waals surface area (Å²) in [6.07, 6.45) is 1.78. The van der Waals surface area contributed by atoms with Gasteiger partial charge in [0, 0.05) is 17.1 Å². The Bertz CT molecular complexity index is 1070. The van der Waals surface area contributed by atoms with Gasteiger partial charge in [-0.05, 0) is 44.2 Å². The first-order valence-electron chi connectivity index (χ1n) is 8.26. The maximum atomic E-state index is 6.31. The van der Waals surface area contributed by atoms with Crippen LogP contribution in [0, 0.1) is 0 Å². The van der Waals surface area contributed by atoms with E-state index in [-0.39, 0.29) is 6.10 Å². The number of pyridine rings is 1. The first-order chi connectivity index (χ1) is 12.6. The Morgan fingerprint density at radius 2 is 1.92 bits per heavy atom. The number of fused-ring (bicyclic) bond motifs is 1. The molecule has 6 heteroatoms. The molecule has 0 N–H and O–H groups in total. The molecule has 0 bridgehead atoms. The quantitative estimate of drug-likeness (QED) is 0.485. The Morgan fingerprint density at radius 1 is 1.08 bits per heavy atom. The summed E-state index contributed by atoms with van der Waals surface area (Å²) >= 11 is 6.31. The van der Waals surface area contributed by atoms with E-state index in [1.807, 2.05) is 56.3 Å². The lowest BCUT2D eigenvalue weighted by Crippen LogP contribution is -2.05. The topological polar surface area (TPSA) is 61.0 Å². The summed E-state index contributed by atoms with van der Waals surface area (Å²) in [4.78, 5) is 8.88. The summed E-state index contributed by atoms with van der Waals surface area (Å²) < 4.78 is 11.1. The summed E-state index contributed by atoms with van der Waals surface area (Å²) in [5.74, 6) is 1.55. The van der Waals surface area contributed by atoms with E-state index in [2.05, 4.69) is 15.1 Å². The van der Waals surface area contributed by atoms with Crippen molar-refractivity contribution in [1.29, 1.82) is 0 Å². The van der Waals surface area contributed by atoms with Gasteiger partial charge in [-0.1, -0.05) is 35.0 Å². The molecule has 0 radical (unpaired) electrons. The van der Waals surface area contributed by atoms with Crippen molar-refractivity contribution >= 4 is 22.5 Å². The van der Waals surface area contributed by atoms with Crippen LogP contribution in [0.4, 0.5) is 0 Å². The minimum atomic E-state index is 0.0510. The average molecular weight is 366 g/mol. The van der Waals surface area contributed by atoms with Crippen LogP contribution in [-0.4, -0.2) is 21.2 Å². The van der Waals surface area contributed by atoms with Crippen molar-refractivity contribution in [3.8, 4) is 28.6 Å². The molecule has 0 unspecified atom stereocenters. The molecule has 0 aliphatic carbocycles.